The molecule has 0 aromatic carbocycles. The number of nitrogens with zero attached hydrogens (tertiary/aromatic N) is 3. The molecule has 2 heterocycles. The van der Waals surface area contributed by atoms with Gasteiger partial charge in [-0.25, -0.2) is 9.48 Å². The van der Waals surface area contributed by atoms with Crippen LogP contribution >= 0.6 is 0 Å². The van der Waals surface area contributed by atoms with E-state index in [2.05, 4.69) is 29.6 Å². The van der Waals surface area contributed by atoms with Crippen LogP contribution in [0, 0.1) is 29.1 Å². The maximum Gasteiger partial charge on any atom is 0.318 e. The predicted molar refractivity (Wildman–Crippen MR) is 145 cm³/mol. The summed E-state index contributed by atoms with van der Waals surface area (Å²) < 4.78 is 13.0. The number of carbonyl (C=O) groups excluding carboxylic acids is 2. The molecular weight excluding hydrogens is 498 g/mol. The molecule has 3 bridgehead atoms. The molecule has 4 unspecified atom stereocenters. The number of fused-ring (bicyclic) bond motifs is 2. The van der Waals surface area contributed by atoms with E-state index in [1.54, 1.807) is 22.0 Å². The molecule has 0 radical (unpaired) electrons. The van der Waals surface area contributed by atoms with Gasteiger partial charge in [-0.3, -0.25) is 4.79 Å². The number of nitrogens with one attached hydrogen (secondary N) is 2. The van der Waals surface area contributed by atoms with Gasteiger partial charge in [0.15, 0.2) is 0 Å². The van der Waals surface area contributed by atoms with E-state index in [-0.39, 0.29) is 29.3 Å². The summed E-state index contributed by atoms with van der Waals surface area (Å²) in [5, 5.41) is 22.1. The second-order valence-corrected chi connectivity index (χ2v) is 13.6. The van der Waals surface area contributed by atoms with E-state index in [9.17, 15) is 14.7 Å². The Morgan fingerprint density at radius 3 is 2.77 bits per heavy atom. The van der Waals surface area contributed by atoms with Gasteiger partial charge < -0.3 is 30.1 Å². The number of amides is 3. The fraction of sp³-hybridized carbons (Fsp3) is 0.759. The molecule has 1 aromatic rings. The number of rotatable bonds is 8. The summed E-state index contributed by atoms with van der Waals surface area (Å²) in [6.07, 6.45) is 10.1. The highest BCUT2D eigenvalue weighted by Crippen LogP contribution is 2.77. The second-order valence-electron chi connectivity index (χ2n) is 13.6. The fourth-order valence-corrected chi connectivity index (χ4v) is 8.18. The largest absolute Gasteiger partial charge is 0.477 e. The van der Waals surface area contributed by atoms with Gasteiger partial charge in [-0.2, -0.15) is 5.10 Å². The fourth-order valence-electron chi connectivity index (χ4n) is 8.18. The Morgan fingerprint density at radius 2 is 2.03 bits per heavy atom. The van der Waals surface area contributed by atoms with Gasteiger partial charge in [0.1, 0.15) is 5.56 Å². The molecule has 1 saturated heterocycles. The molecule has 5 fully saturated rings. The smallest absolute Gasteiger partial charge is 0.318 e. The van der Waals surface area contributed by atoms with Crippen molar-refractivity contribution in [3.05, 3.63) is 17.8 Å². The number of urea groups is 1. The summed E-state index contributed by atoms with van der Waals surface area (Å²) in [5.41, 5.74) is -0.740. The minimum Gasteiger partial charge on any atom is -0.477 e. The Balaban J connectivity index is 1.17. The molecule has 6 rings (SSSR count). The van der Waals surface area contributed by atoms with Crippen LogP contribution in [-0.2, 0) is 4.74 Å². The molecule has 214 valence electrons. The maximum absolute atomic E-state index is 13.6. The van der Waals surface area contributed by atoms with Crippen LogP contribution < -0.4 is 15.4 Å². The first-order valence-corrected chi connectivity index (χ1v) is 14.6. The maximum atomic E-state index is 13.6. The molecule has 1 spiro atoms. The molecule has 3 N–H and O–H groups in total. The molecule has 6 atom stereocenters. The van der Waals surface area contributed by atoms with Crippen molar-refractivity contribution < 1.29 is 24.2 Å². The SMILES string of the molecule is CC(C)COc1c(C(=O)N[C@@H]2C3CC4CC5(C3)C2C[C@@]5(O)C4)cnn1/C=C/C(C)(C)NC(=O)N1CCOCC1. The first kappa shape index (κ1) is 26.6. The van der Waals surface area contributed by atoms with Gasteiger partial charge in [-0.05, 0) is 75.7 Å². The second kappa shape index (κ2) is 9.51. The van der Waals surface area contributed by atoms with E-state index in [0.717, 1.165) is 32.1 Å². The van der Waals surface area contributed by atoms with Crippen LogP contribution in [0.15, 0.2) is 12.3 Å². The van der Waals surface area contributed by atoms with Crippen molar-refractivity contribution in [3.63, 3.8) is 0 Å². The Morgan fingerprint density at radius 1 is 1.26 bits per heavy atom. The monoisotopic (exact) mass is 541 g/mol. The first-order chi connectivity index (χ1) is 18.5. The van der Waals surface area contributed by atoms with Crippen molar-refractivity contribution >= 4 is 18.1 Å². The Hall–Kier alpha value is -2.59. The zero-order valence-electron chi connectivity index (χ0n) is 23.6. The molecule has 1 aliphatic heterocycles. The van der Waals surface area contributed by atoms with E-state index >= 15 is 0 Å². The van der Waals surface area contributed by atoms with Crippen LogP contribution in [0.5, 0.6) is 5.88 Å². The Kier molecular flexibility index (Phi) is 6.49. The summed E-state index contributed by atoms with van der Waals surface area (Å²) >= 11 is 0. The summed E-state index contributed by atoms with van der Waals surface area (Å²) in [7, 11) is 0. The zero-order valence-corrected chi connectivity index (χ0v) is 23.6. The lowest BCUT2D eigenvalue weighted by Gasteiger charge is -2.56. The van der Waals surface area contributed by atoms with Crippen LogP contribution in [0.25, 0.3) is 6.20 Å². The third kappa shape index (κ3) is 4.53. The topological polar surface area (TPSA) is 118 Å². The normalized spacial score (nSPS) is 34.9. The molecule has 1 aromatic heterocycles. The molecule has 4 aliphatic carbocycles. The lowest BCUT2D eigenvalue weighted by molar-refractivity contribution is -0.180. The first-order valence-electron chi connectivity index (χ1n) is 14.6. The van der Waals surface area contributed by atoms with Crippen LogP contribution in [0.3, 0.4) is 0 Å². The number of morpholine rings is 1. The van der Waals surface area contributed by atoms with Crippen molar-refractivity contribution in [3.8, 4) is 5.88 Å². The van der Waals surface area contributed by atoms with E-state index in [1.807, 2.05) is 19.9 Å². The van der Waals surface area contributed by atoms with Gasteiger partial charge in [0, 0.05) is 30.7 Å². The number of carbonyl (C=O) groups is 2. The molecule has 10 heteroatoms. The van der Waals surface area contributed by atoms with Crippen molar-refractivity contribution in [2.75, 3.05) is 32.9 Å². The highest BCUT2D eigenvalue weighted by molar-refractivity contribution is 5.96. The molecule has 3 amide bonds. The van der Waals surface area contributed by atoms with Crippen LogP contribution in [0.4, 0.5) is 4.79 Å². The number of hydrogen-bond acceptors (Lipinski definition) is 6. The van der Waals surface area contributed by atoms with Crippen LogP contribution in [-0.4, -0.2) is 81.8 Å². The quantitative estimate of drug-likeness (QED) is 0.466. The molecular formula is C29H43N5O5. The van der Waals surface area contributed by atoms with Gasteiger partial charge >= 0.3 is 6.03 Å². The van der Waals surface area contributed by atoms with Gasteiger partial charge in [0.25, 0.3) is 5.91 Å². The van der Waals surface area contributed by atoms with Crippen molar-refractivity contribution in [2.24, 2.45) is 29.1 Å². The van der Waals surface area contributed by atoms with E-state index in [4.69, 9.17) is 9.47 Å². The average Bonchev–Trinajstić information content (AvgIpc) is 3.42. The highest BCUT2D eigenvalue weighted by Gasteiger charge is 2.77. The van der Waals surface area contributed by atoms with Gasteiger partial charge in [-0.15, -0.1) is 0 Å². The van der Waals surface area contributed by atoms with Crippen LogP contribution in [0.1, 0.15) is 70.2 Å². The Labute approximate surface area is 230 Å². The lowest BCUT2D eigenvalue weighted by Crippen LogP contribution is -2.61. The third-order valence-corrected chi connectivity index (χ3v) is 9.88. The minimum atomic E-state index is -0.653. The molecule has 39 heavy (non-hydrogen) atoms. The average molecular weight is 542 g/mol. The predicted octanol–water partition coefficient (Wildman–Crippen LogP) is 2.88. The minimum absolute atomic E-state index is 0.0136. The van der Waals surface area contributed by atoms with E-state index in [1.165, 1.54) is 0 Å². The number of ether oxygens (including phenoxy) is 2. The summed E-state index contributed by atoms with van der Waals surface area (Å²) in [4.78, 5) is 28.1. The number of aromatic nitrogens is 2. The van der Waals surface area contributed by atoms with Crippen molar-refractivity contribution in [2.45, 2.75) is 77.0 Å². The Bertz CT molecular complexity index is 1160. The summed E-state index contributed by atoms with van der Waals surface area (Å²) in [5.74, 6) is 1.88. The summed E-state index contributed by atoms with van der Waals surface area (Å²) in [6, 6.07) is -0.0446. The van der Waals surface area contributed by atoms with Crippen LogP contribution in [0.2, 0.25) is 0 Å². The van der Waals surface area contributed by atoms with Gasteiger partial charge in [0.05, 0.1) is 37.2 Å². The van der Waals surface area contributed by atoms with Crippen molar-refractivity contribution in [1.82, 2.24) is 25.3 Å². The third-order valence-electron chi connectivity index (χ3n) is 9.88. The zero-order chi connectivity index (χ0) is 27.6. The highest BCUT2D eigenvalue weighted by atomic mass is 16.5. The van der Waals surface area contributed by atoms with Gasteiger partial charge in [-0.1, -0.05) is 13.8 Å². The number of hydrogen-bond donors (Lipinski definition) is 3. The van der Waals surface area contributed by atoms with E-state index < -0.39 is 11.1 Å². The molecule has 4 saturated carbocycles. The lowest BCUT2D eigenvalue weighted by atomic mass is 9.52. The van der Waals surface area contributed by atoms with E-state index in [0.29, 0.717) is 62.1 Å². The summed E-state index contributed by atoms with van der Waals surface area (Å²) in [6.45, 7) is 10.6. The molecule has 5 aliphatic rings. The standard InChI is InChI=1S/C29H43N5O5/c1-18(2)17-39-25-21(16-30-34(25)6-5-27(3,4)32-26(36)33-7-9-38-10-8-33)24(35)31-23-20-11-19-12-28(14-20)22(23)15-29(28,37)13-19/h5-6,16,18-20,22-23,37H,7-15,17H2,1-4H3,(H,31,35)(H,32,36)/b6-5+/t19?,20?,22?,23-,28?,29+/m1/s1. The number of aliphatic hydroxyl groups is 1. The van der Waals surface area contributed by atoms with Gasteiger partial charge in [0.2, 0.25) is 5.88 Å². The molecule has 10 nitrogen and oxygen atoms in total. The van der Waals surface area contributed by atoms with Crippen molar-refractivity contribution in [1.29, 1.82) is 0 Å².